The van der Waals surface area contributed by atoms with E-state index in [1.165, 1.54) is 14.2 Å². The van der Waals surface area contributed by atoms with E-state index in [0.717, 1.165) is 70.6 Å². The van der Waals surface area contributed by atoms with E-state index >= 15 is 0 Å². The maximum atomic E-state index is 12.3. The molecule has 0 aromatic heterocycles. The summed E-state index contributed by atoms with van der Waals surface area (Å²) in [4.78, 5) is 193. The summed E-state index contributed by atoms with van der Waals surface area (Å²) >= 11 is 0. The third-order valence-corrected chi connectivity index (χ3v) is 38.5. The van der Waals surface area contributed by atoms with Gasteiger partial charge >= 0.3 is 95.5 Å². The largest absolute Gasteiger partial charge is 0.469 e. The number of cyclic esters (lactones) is 1. The van der Waals surface area contributed by atoms with Crippen molar-refractivity contribution in [2.45, 2.75) is 366 Å². The lowest BCUT2D eigenvalue weighted by Crippen LogP contribution is -2.50. The van der Waals surface area contributed by atoms with Crippen molar-refractivity contribution in [2.75, 3.05) is 20.8 Å². The Labute approximate surface area is 831 Å². The first kappa shape index (κ1) is 107. The molecule has 0 aromatic carbocycles. The van der Waals surface area contributed by atoms with Gasteiger partial charge in [-0.15, -0.1) is 0 Å². The van der Waals surface area contributed by atoms with Gasteiger partial charge in [0, 0.05) is 77.4 Å². The van der Waals surface area contributed by atoms with Crippen molar-refractivity contribution >= 4 is 95.5 Å². The smallest absolute Gasteiger partial charge is 0.327 e. The lowest BCUT2D eigenvalue weighted by molar-refractivity contribution is -0.189. The Balaban J connectivity index is 0.000000125. The summed E-state index contributed by atoms with van der Waals surface area (Å²) < 4.78 is 92.6. The maximum absolute atomic E-state index is 12.3. The van der Waals surface area contributed by atoms with Crippen LogP contribution in [0.1, 0.15) is 274 Å². The standard InChI is InChI=1S/C16H22O6.C16H24O4.2C15H19NO4.C15H20O7.2C15H22O4/c1-5-15(2,3)12(17)21-10-8-6-9-11(10)22-14(19)16(9,7-8)13(18)20-4;1-4-16(2,3)15(18)20-12-7-9-5-6-10(12)11-8-19-14(17)13(9)11;1-4-14(2,3)12(17)19-10-8-5-9-11(10)20-13(18)15(9,6-8)7-16;1-4-15(2,3)14(18)20-11-7-5-8-10(9(7)6-16)13(17)19-12(8)11;1-5-15(2,3)14(18)22-11-8-6(12(16)19-4)7-9(20-8)10(11)21-13(7)17;1-5-15(3,4)14(17)19-11-8-6-9-10(7(8)2)13(16)18-12(9)11;1-4-15(2,3)14(17)19-12-9-5-8-7-11(16)18-13(12)10(8)6-9/h8-11H,5-7H2,1-4H3;9-13H,4-8H2,1-3H3;8-11H,4-6H2,1-3H3;7-12H,4-5H2,1-3H3;6-11H,5H2,1-4H3;7-12H,5-6H2,1-4H3;8-10,12-13H,4-7H2,1-3H3. The van der Waals surface area contributed by atoms with Gasteiger partial charge in [-0.05, 0) is 230 Å². The fourth-order valence-electron chi connectivity index (χ4n) is 26.6. The van der Waals surface area contributed by atoms with Crippen molar-refractivity contribution in [2.24, 2.45) is 173 Å². The van der Waals surface area contributed by atoms with E-state index < -0.39 is 139 Å². The highest BCUT2D eigenvalue weighted by atomic mass is 16.7. The molecule has 22 fully saturated rings. The molecule has 0 radical (unpaired) electrons. The Morgan fingerprint density at radius 3 is 1.31 bits per heavy atom. The number of rotatable bonds is 23. The van der Waals surface area contributed by atoms with E-state index in [2.05, 4.69) is 19.1 Å². The Morgan fingerprint density at radius 2 is 0.803 bits per heavy atom. The molecule has 0 N–H and O–H groups in total. The number of ether oxygens (including phenoxy) is 17. The molecule has 784 valence electrons. The number of nitriles is 2. The molecule has 38 atom stereocenters. The predicted octanol–water partition coefficient (Wildman–Crippen LogP) is 12.4. The van der Waals surface area contributed by atoms with Crippen LogP contribution in [-0.4, -0.2) is 208 Å². The number of methoxy groups -OCH3 is 2. The molecule has 35 nitrogen and oxygen atoms in total. The second kappa shape index (κ2) is 39.0. The summed E-state index contributed by atoms with van der Waals surface area (Å²) in [5.74, 6) is -3.82. The lowest BCUT2D eigenvalue weighted by Gasteiger charge is -2.47. The molecule has 9 saturated heterocycles. The van der Waals surface area contributed by atoms with Crippen molar-refractivity contribution in [3.63, 3.8) is 0 Å². The van der Waals surface area contributed by atoms with Gasteiger partial charge in [0.1, 0.15) is 91.2 Å². The summed E-state index contributed by atoms with van der Waals surface area (Å²) in [5.41, 5.74) is -5.78. The fourth-order valence-corrected chi connectivity index (χ4v) is 26.6. The van der Waals surface area contributed by atoms with E-state index in [4.69, 9.17) is 80.5 Å². The molecule has 0 amide bonds. The molecular weight excluding hydrogens is 1840 g/mol. The SMILES string of the molecule is CCC(C)(C)C(=O)OC1C2CC3C1OC(=O)C3(C#N)C2.CCC(C)(C)C(=O)OC1C2CC3C1OC(=O)C3(C(=O)OC)C2.CCC(C)(C)C(=O)OC1C2CC3C1OC(=O)C3C2C.CCC(C)(C)C(=O)OC1C2CC3C1OC(=O)C3C2C#N.CCC(C)(C)C(=O)OC1C2CC3CC(=O)OC1C3C2.CCC(C)(C)C(=O)OC1C2OC(=O)C3C2OC1C3C(=O)OC.CCC(C)(C)C(=O)OC1CC2CCC1C1COC(=O)C21. The van der Waals surface area contributed by atoms with Gasteiger partial charge in [0.15, 0.2) is 23.0 Å². The fraction of sp³-hybridized carbons (Fsp3) is 0.832. The van der Waals surface area contributed by atoms with Crippen molar-refractivity contribution in [3.8, 4) is 12.1 Å². The number of nitrogens with zero attached hydrogens (tertiary/aromatic N) is 2. The normalized spacial score (nSPS) is 40.4. The number of carbonyl (C=O) groups is 16. The van der Waals surface area contributed by atoms with Crippen LogP contribution < -0.4 is 0 Å². The lowest BCUT2D eigenvalue weighted by atomic mass is 9.58. The molecule has 14 bridgehead atoms. The second-order valence-electron chi connectivity index (χ2n) is 48.6. The number of carbonyl (C=O) groups excluding carboxylic acids is 16. The first-order valence-electron chi connectivity index (χ1n) is 52.1. The second-order valence-corrected chi connectivity index (χ2v) is 48.6. The molecule has 13 saturated carbocycles. The molecule has 0 spiro atoms. The van der Waals surface area contributed by atoms with Crippen molar-refractivity contribution < 1.29 is 157 Å². The topological polar surface area (TPSA) is 478 Å². The van der Waals surface area contributed by atoms with E-state index in [1.807, 2.05) is 132 Å². The van der Waals surface area contributed by atoms with Gasteiger partial charge in [-0.1, -0.05) is 55.4 Å². The highest BCUT2D eigenvalue weighted by Gasteiger charge is 2.78. The summed E-state index contributed by atoms with van der Waals surface area (Å²) in [7, 11) is 2.54. The molecule has 142 heavy (non-hydrogen) atoms. The highest BCUT2D eigenvalue weighted by molar-refractivity contribution is 6.03. The minimum atomic E-state index is -1.17. The minimum Gasteiger partial charge on any atom is -0.469 e. The van der Waals surface area contributed by atoms with Crippen LogP contribution in [0.4, 0.5) is 0 Å². The van der Waals surface area contributed by atoms with Gasteiger partial charge in [0.2, 0.25) is 0 Å². The quantitative estimate of drug-likeness (QED) is 0.0521. The molecule has 38 unspecified atom stereocenters. The van der Waals surface area contributed by atoms with Crippen LogP contribution in [0, 0.1) is 196 Å². The summed E-state index contributed by atoms with van der Waals surface area (Å²) in [6.07, 6.45) is 8.56. The van der Waals surface area contributed by atoms with Gasteiger partial charge < -0.3 is 80.5 Å². The van der Waals surface area contributed by atoms with Gasteiger partial charge in [0.25, 0.3) is 0 Å². The third kappa shape index (κ3) is 18.0. The zero-order chi connectivity index (χ0) is 104. The number of hydrogen-bond acceptors (Lipinski definition) is 35. The van der Waals surface area contributed by atoms with Crippen LogP contribution in [0.15, 0.2) is 0 Å². The Morgan fingerprint density at radius 1 is 0.366 bits per heavy atom. The zero-order valence-corrected chi connectivity index (χ0v) is 86.8. The molecule has 22 aliphatic rings. The van der Waals surface area contributed by atoms with Crippen LogP contribution >= 0.6 is 0 Å². The maximum Gasteiger partial charge on any atom is 0.327 e. The highest BCUT2D eigenvalue weighted by Crippen LogP contribution is 2.67. The summed E-state index contributed by atoms with van der Waals surface area (Å²) in [5, 5.41) is 18.6. The molecule has 9 aliphatic heterocycles. The Hall–Kier alpha value is -9.54. The van der Waals surface area contributed by atoms with E-state index in [0.29, 0.717) is 93.5 Å². The van der Waals surface area contributed by atoms with E-state index in [-0.39, 0.29) is 185 Å². The predicted molar refractivity (Wildman–Crippen MR) is 491 cm³/mol. The van der Waals surface area contributed by atoms with Gasteiger partial charge in [-0.2, -0.15) is 10.5 Å². The van der Waals surface area contributed by atoms with Crippen LogP contribution in [0.2, 0.25) is 0 Å². The van der Waals surface area contributed by atoms with E-state index in [1.54, 1.807) is 13.8 Å². The zero-order valence-electron chi connectivity index (χ0n) is 86.8. The third-order valence-electron chi connectivity index (χ3n) is 38.5. The average molecular weight is 1990 g/mol. The Bertz CT molecular complexity index is 5090. The summed E-state index contributed by atoms with van der Waals surface area (Å²) in [6, 6.07) is 4.37. The average Bonchev–Trinajstić information content (AvgIpc) is 1.52. The molecule has 35 heteroatoms. The van der Waals surface area contributed by atoms with Crippen LogP contribution in [0.5, 0.6) is 0 Å². The first-order chi connectivity index (χ1) is 66.6. The molecule has 0 aromatic rings. The van der Waals surface area contributed by atoms with Crippen LogP contribution in [0.25, 0.3) is 0 Å². The van der Waals surface area contributed by atoms with Gasteiger partial charge in [-0.3, -0.25) is 76.7 Å². The number of hydrogen-bond donors (Lipinski definition) is 0. The first-order valence-corrected chi connectivity index (χ1v) is 52.1. The monoisotopic (exact) mass is 1990 g/mol. The molecule has 9 heterocycles. The minimum absolute atomic E-state index is 0.0113. The van der Waals surface area contributed by atoms with Gasteiger partial charge in [0.05, 0.1) is 94.5 Å². The van der Waals surface area contributed by atoms with Crippen LogP contribution in [0.3, 0.4) is 0 Å². The number of fused-ring (bicyclic) bond motifs is 8. The van der Waals surface area contributed by atoms with Crippen molar-refractivity contribution in [1.82, 2.24) is 0 Å². The molecular formula is C107H148N2O33. The van der Waals surface area contributed by atoms with Gasteiger partial charge in [-0.25, -0.2) is 0 Å². The Kier molecular flexibility index (Phi) is 29.3. The number of esters is 16. The van der Waals surface area contributed by atoms with Crippen LogP contribution in [-0.2, 0) is 157 Å². The van der Waals surface area contributed by atoms with Crippen molar-refractivity contribution in [3.05, 3.63) is 0 Å². The van der Waals surface area contributed by atoms with E-state index in [9.17, 15) is 87.2 Å². The molecule has 22 rings (SSSR count). The summed E-state index contributed by atoms with van der Waals surface area (Å²) in [6.45, 7) is 42.4. The molecule has 13 aliphatic carbocycles. The van der Waals surface area contributed by atoms with Crippen molar-refractivity contribution in [1.29, 1.82) is 10.5 Å².